The number of amides is 2. The maximum Gasteiger partial charge on any atom is 0.410 e. The molecule has 1 fully saturated rings. The fourth-order valence-electron chi connectivity index (χ4n) is 3.22. The molecular weight excluding hydrogens is 428 g/mol. The molecule has 32 heavy (non-hydrogen) atoms. The average Bonchev–Trinajstić information content (AvgIpc) is 3.21. The Morgan fingerprint density at radius 3 is 2.47 bits per heavy atom. The molecule has 2 aromatic rings. The lowest BCUT2D eigenvalue weighted by molar-refractivity contribution is -0.118. The third-order valence-corrected chi connectivity index (χ3v) is 5.88. The number of carbonyl (C=O) groups excluding carboxylic acids is 2. The summed E-state index contributed by atoms with van der Waals surface area (Å²) < 4.78 is 7.30. The van der Waals surface area contributed by atoms with Gasteiger partial charge in [-0.3, -0.25) is 14.3 Å². The molecule has 0 radical (unpaired) electrons. The normalized spacial score (nSPS) is 14.9. The number of aryl methyl sites for hydroxylation is 1. The van der Waals surface area contributed by atoms with Gasteiger partial charge in [0.1, 0.15) is 11.9 Å². The van der Waals surface area contributed by atoms with E-state index in [1.807, 2.05) is 56.5 Å². The van der Waals surface area contributed by atoms with Crippen molar-refractivity contribution in [3.05, 3.63) is 36.2 Å². The molecule has 174 valence electrons. The van der Waals surface area contributed by atoms with E-state index >= 15 is 0 Å². The van der Waals surface area contributed by atoms with E-state index in [1.165, 1.54) is 17.3 Å². The largest absolute Gasteiger partial charge is 0.444 e. The minimum atomic E-state index is -0.482. The van der Waals surface area contributed by atoms with E-state index in [9.17, 15) is 9.59 Å². The predicted molar refractivity (Wildman–Crippen MR) is 124 cm³/mol. The second-order valence-electron chi connectivity index (χ2n) is 8.77. The maximum atomic E-state index is 12.3. The van der Waals surface area contributed by atoms with Crippen molar-refractivity contribution in [1.29, 1.82) is 0 Å². The summed E-state index contributed by atoms with van der Waals surface area (Å²) >= 11 is 1.36. The number of hydrogen-bond donors (Lipinski definition) is 1. The van der Waals surface area contributed by atoms with Gasteiger partial charge in [0.2, 0.25) is 5.91 Å². The Morgan fingerprint density at radius 2 is 1.81 bits per heavy atom. The molecule has 1 aliphatic heterocycles. The summed E-state index contributed by atoms with van der Waals surface area (Å²) in [7, 11) is 0. The Kier molecular flexibility index (Phi) is 8.14. The van der Waals surface area contributed by atoms with Crippen LogP contribution in [0.4, 0.5) is 4.79 Å². The van der Waals surface area contributed by atoms with Crippen LogP contribution in [0.1, 0.15) is 26.3 Å². The van der Waals surface area contributed by atoms with E-state index in [0.29, 0.717) is 24.8 Å². The highest BCUT2D eigenvalue weighted by Gasteiger charge is 2.25. The van der Waals surface area contributed by atoms with Crippen LogP contribution in [-0.4, -0.2) is 87.2 Å². The molecule has 0 saturated carbocycles. The maximum absolute atomic E-state index is 12.3. The minimum absolute atomic E-state index is 0.0409. The zero-order valence-electron chi connectivity index (χ0n) is 19.2. The first-order chi connectivity index (χ1) is 15.2. The van der Waals surface area contributed by atoms with Crippen molar-refractivity contribution in [2.45, 2.75) is 38.5 Å². The Morgan fingerprint density at radius 1 is 1.12 bits per heavy atom. The first kappa shape index (κ1) is 24.1. The second-order valence-corrected chi connectivity index (χ2v) is 9.71. The topological polar surface area (TPSA) is 92.6 Å². The molecule has 10 heteroatoms. The van der Waals surface area contributed by atoms with Gasteiger partial charge < -0.3 is 15.0 Å². The Balaban J connectivity index is 1.35. The quantitative estimate of drug-likeness (QED) is 0.634. The van der Waals surface area contributed by atoms with Crippen molar-refractivity contribution in [3.8, 4) is 5.69 Å². The number of ether oxygens (including phenoxy) is 1. The molecule has 9 nitrogen and oxygen atoms in total. The molecule has 3 rings (SSSR count). The van der Waals surface area contributed by atoms with Crippen LogP contribution < -0.4 is 5.32 Å². The zero-order chi connectivity index (χ0) is 23.1. The second kappa shape index (κ2) is 10.8. The van der Waals surface area contributed by atoms with Gasteiger partial charge in [0, 0.05) is 45.0 Å². The van der Waals surface area contributed by atoms with Gasteiger partial charge in [0.25, 0.3) is 0 Å². The summed E-state index contributed by atoms with van der Waals surface area (Å²) in [5.74, 6) is 0.234. The number of nitrogens with zero attached hydrogens (tertiary/aromatic N) is 5. The van der Waals surface area contributed by atoms with Crippen LogP contribution in [0.5, 0.6) is 0 Å². The lowest BCUT2D eigenvalue weighted by atomic mass is 10.2. The Labute approximate surface area is 193 Å². The van der Waals surface area contributed by atoms with E-state index in [1.54, 1.807) is 11.2 Å². The monoisotopic (exact) mass is 460 g/mol. The van der Waals surface area contributed by atoms with E-state index < -0.39 is 5.60 Å². The summed E-state index contributed by atoms with van der Waals surface area (Å²) in [4.78, 5) is 28.4. The lowest BCUT2D eigenvalue weighted by Gasteiger charge is -2.35. The molecular formula is C22H32N6O3S. The Bertz CT molecular complexity index is 901. The summed E-state index contributed by atoms with van der Waals surface area (Å²) in [5.41, 5.74) is 1.67. The average molecular weight is 461 g/mol. The molecule has 2 heterocycles. The molecule has 1 N–H and O–H groups in total. The number of aromatic nitrogens is 3. The van der Waals surface area contributed by atoms with Crippen molar-refractivity contribution < 1.29 is 14.3 Å². The number of piperazine rings is 1. The number of nitrogens with one attached hydrogen (secondary N) is 1. The van der Waals surface area contributed by atoms with Crippen molar-refractivity contribution in [1.82, 2.24) is 29.9 Å². The number of rotatable bonds is 7. The van der Waals surface area contributed by atoms with Crippen LogP contribution in [-0.2, 0) is 9.53 Å². The van der Waals surface area contributed by atoms with E-state index in [2.05, 4.69) is 20.4 Å². The van der Waals surface area contributed by atoms with Crippen LogP contribution in [0.2, 0.25) is 0 Å². The molecule has 2 amide bonds. The number of benzene rings is 1. The zero-order valence-corrected chi connectivity index (χ0v) is 20.0. The third kappa shape index (κ3) is 7.23. The van der Waals surface area contributed by atoms with Crippen LogP contribution in [0.15, 0.2) is 35.7 Å². The molecule has 0 spiro atoms. The van der Waals surface area contributed by atoms with Gasteiger partial charge in [-0.05, 0) is 39.8 Å². The first-order valence-corrected chi connectivity index (χ1v) is 11.8. The number of hydrogen-bond acceptors (Lipinski definition) is 7. The highest BCUT2D eigenvalue weighted by Crippen LogP contribution is 2.19. The van der Waals surface area contributed by atoms with Gasteiger partial charge in [-0.1, -0.05) is 29.5 Å². The predicted octanol–water partition coefficient (Wildman–Crippen LogP) is 2.34. The fraction of sp³-hybridized carbons (Fsp3) is 0.545. The summed E-state index contributed by atoms with van der Waals surface area (Å²) in [6.07, 6.45) is 1.39. The number of carbonyl (C=O) groups is 2. The fourth-order valence-corrected chi connectivity index (χ4v) is 3.98. The molecule has 0 bridgehead atoms. The van der Waals surface area contributed by atoms with Gasteiger partial charge in [0.05, 0.1) is 5.75 Å². The Hall–Kier alpha value is -2.59. The van der Waals surface area contributed by atoms with Crippen LogP contribution in [0.3, 0.4) is 0 Å². The van der Waals surface area contributed by atoms with Gasteiger partial charge in [-0.25, -0.2) is 4.79 Å². The van der Waals surface area contributed by atoms with E-state index in [-0.39, 0.29) is 17.8 Å². The summed E-state index contributed by atoms with van der Waals surface area (Å²) in [5, 5.41) is 11.7. The molecule has 0 aliphatic carbocycles. The molecule has 0 unspecified atom stereocenters. The SMILES string of the molecule is Cc1ccc(-n2cnnc2SCC(=O)NCCN2CCN(C(=O)OC(C)(C)C)CC2)cc1. The molecule has 1 aromatic heterocycles. The van der Waals surface area contributed by atoms with Crippen LogP contribution in [0, 0.1) is 6.92 Å². The summed E-state index contributed by atoms with van der Waals surface area (Å²) in [6, 6.07) is 8.07. The molecule has 1 saturated heterocycles. The van der Waals surface area contributed by atoms with Gasteiger partial charge in [0.15, 0.2) is 5.16 Å². The van der Waals surface area contributed by atoms with Crippen molar-refractivity contribution in [2.75, 3.05) is 45.0 Å². The number of thioether (sulfide) groups is 1. The van der Waals surface area contributed by atoms with Crippen LogP contribution in [0.25, 0.3) is 5.69 Å². The van der Waals surface area contributed by atoms with Gasteiger partial charge in [-0.2, -0.15) is 0 Å². The van der Waals surface area contributed by atoms with E-state index in [0.717, 1.165) is 25.3 Å². The molecule has 0 atom stereocenters. The van der Waals surface area contributed by atoms with E-state index in [4.69, 9.17) is 4.74 Å². The van der Waals surface area contributed by atoms with Crippen molar-refractivity contribution in [3.63, 3.8) is 0 Å². The van der Waals surface area contributed by atoms with Crippen molar-refractivity contribution in [2.24, 2.45) is 0 Å². The highest BCUT2D eigenvalue weighted by molar-refractivity contribution is 7.99. The van der Waals surface area contributed by atoms with Gasteiger partial charge >= 0.3 is 6.09 Å². The summed E-state index contributed by atoms with van der Waals surface area (Å²) in [6.45, 7) is 11.8. The third-order valence-electron chi connectivity index (χ3n) is 4.94. The lowest BCUT2D eigenvalue weighted by Crippen LogP contribution is -2.51. The van der Waals surface area contributed by atoms with Crippen molar-refractivity contribution >= 4 is 23.8 Å². The highest BCUT2D eigenvalue weighted by atomic mass is 32.2. The van der Waals surface area contributed by atoms with Crippen LogP contribution >= 0.6 is 11.8 Å². The molecule has 1 aliphatic rings. The minimum Gasteiger partial charge on any atom is -0.444 e. The van der Waals surface area contributed by atoms with Gasteiger partial charge in [-0.15, -0.1) is 10.2 Å². The molecule has 1 aromatic carbocycles. The standard InChI is InChI=1S/C22H32N6O3S/c1-17-5-7-18(8-6-17)28-16-24-25-20(28)32-15-19(29)23-9-10-26-11-13-27(14-12-26)21(30)31-22(2,3)4/h5-8,16H,9-15H2,1-4H3,(H,23,29). The smallest absolute Gasteiger partial charge is 0.410 e. The first-order valence-electron chi connectivity index (χ1n) is 10.8.